The number of methoxy groups -OCH3 is 1. The van der Waals surface area contributed by atoms with Crippen LogP contribution in [0.25, 0.3) is 0 Å². The van der Waals surface area contributed by atoms with E-state index in [4.69, 9.17) is 19.5 Å². The van der Waals surface area contributed by atoms with Crippen molar-refractivity contribution < 1.29 is 9.47 Å². The summed E-state index contributed by atoms with van der Waals surface area (Å²) in [7, 11) is 1.74. The Hall–Kier alpha value is -0.650. The SMILES string of the molecule is CCNC(=NCCc1csc(N2CCCC2)n1)N1CCC(OCCCOC)CC1.I. The standard InChI is InChI=1S/C21H37N5O2S.HI/c1-3-22-20(25-13-8-19(9-14-25)28-16-6-15-27-2)23-10-7-18-17-29-21(24-18)26-11-4-5-12-26;/h17,19H,3-16H2,1-2H3,(H,22,23);1H. The van der Waals surface area contributed by atoms with Crippen LogP contribution in [0.1, 0.15) is 44.7 Å². The van der Waals surface area contributed by atoms with Crippen molar-refractivity contribution in [2.24, 2.45) is 4.99 Å². The van der Waals surface area contributed by atoms with E-state index in [1.807, 2.05) is 0 Å². The van der Waals surface area contributed by atoms with Crippen LogP contribution >= 0.6 is 35.3 Å². The molecule has 0 radical (unpaired) electrons. The quantitative estimate of drug-likeness (QED) is 0.208. The number of halogens is 1. The Morgan fingerprint density at radius 3 is 2.70 bits per heavy atom. The van der Waals surface area contributed by atoms with E-state index in [0.717, 1.165) is 84.1 Å². The highest BCUT2D eigenvalue weighted by molar-refractivity contribution is 14.0. The molecule has 3 rings (SSSR count). The Morgan fingerprint density at radius 2 is 2.00 bits per heavy atom. The van der Waals surface area contributed by atoms with Gasteiger partial charge in [0.2, 0.25) is 0 Å². The predicted octanol–water partition coefficient (Wildman–Crippen LogP) is 3.39. The largest absolute Gasteiger partial charge is 0.385 e. The van der Waals surface area contributed by atoms with Crippen molar-refractivity contribution in [1.82, 2.24) is 15.2 Å². The molecule has 2 aliphatic rings. The number of likely N-dealkylation sites (tertiary alicyclic amines) is 1. The molecule has 9 heteroatoms. The molecule has 0 bridgehead atoms. The second-order valence-corrected chi connectivity index (χ2v) is 8.54. The molecule has 0 aliphatic carbocycles. The van der Waals surface area contributed by atoms with Gasteiger partial charge >= 0.3 is 0 Å². The zero-order valence-electron chi connectivity index (χ0n) is 18.5. The van der Waals surface area contributed by atoms with Crippen molar-refractivity contribution in [3.8, 4) is 0 Å². The molecule has 0 atom stereocenters. The molecule has 172 valence electrons. The zero-order chi connectivity index (χ0) is 20.3. The van der Waals surface area contributed by atoms with Crippen molar-refractivity contribution in [2.75, 3.05) is 64.5 Å². The molecule has 0 spiro atoms. The van der Waals surface area contributed by atoms with E-state index in [2.05, 4.69) is 27.4 Å². The molecule has 0 saturated carbocycles. The number of thiazole rings is 1. The third-order valence-electron chi connectivity index (χ3n) is 5.47. The van der Waals surface area contributed by atoms with Gasteiger partial charge in [-0.3, -0.25) is 4.99 Å². The summed E-state index contributed by atoms with van der Waals surface area (Å²) in [6, 6.07) is 0. The molecule has 2 aliphatic heterocycles. The maximum Gasteiger partial charge on any atom is 0.193 e. The maximum atomic E-state index is 5.98. The third kappa shape index (κ3) is 8.12. The molecule has 0 amide bonds. The fourth-order valence-corrected chi connectivity index (χ4v) is 4.77. The van der Waals surface area contributed by atoms with Crippen LogP contribution in [0.4, 0.5) is 5.13 Å². The van der Waals surface area contributed by atoms with Crippen LogP contribution in [0.3, 0.4) is 0 Å². The minimum absolute atomic E-state index is 0. The van der Waals surface area contributed by atoms with Gasteiger partial charge in [-0.05, 0) is 39.0 Å². The second-order valence-electron chi connectivity index (χ2n) is 7.70. The van der Waals surface area contributed by atoms with Crippen LogP contribution in [0.15, 0.2) is 10.4 Å². The predicted molar refractivity (Wildman–Crippen MR) is 136 cm³/mol. The molecule has 3 heterocycles. The summed E-state index contributed by atoms with van der Waals surface area (Å²) in [6.45, 7) is 9.66. The van der Waals surface area contributed by atoms with Crippen LogP contribution in [-0.2, 0) is 15.9 Å². The lowest BCUT2D eigenvalue weighted by Crippen LogP contribution is -2.47. The monoisotopic (exact) mass is 551 g/mol. The Balaban J connectivity index is 0.00000320. The summed E-state index contributed by atoms with van der Waals surface area (Å²) >= 11 is 1.77. The van der Waals surface area contributed by atoms with Gasteiger partial charge in [0.1, 0.15) is 0 Å². The van der Waals surface area contributed by atoms with E-state index < -0.39 is 0 Å². The number of anilines is 1. The number of hydrogen-bond acceptors (Lipinski definition) is 6. The maximum absolute atomic E-state index is 5.98. The smallest absolute Gasteiger partial charge is 0.193 e. The van der Waals surface area contributed by atoms with Gasteiger partial charge in [0.05, 0.1) is 11.8 Å². The highest BCUT2D eigenvalue weighted by Crippen LogP contribution is 2.24. The first-order valence-electron chi connectivity index (χ1n) is 11.1. The molecule has 2 fully saturated rings. The van der Waals surface area contributed by atoms with Crippen LogP contribution in [0.5, 0.6) is 0 Å². The van der Waals surface area contributed by atoms with Crippen LogP contribution in [-0.4, -0.2) is 81.5 Å². The minimum Gasteiger partial charge on any atom is -0.385 e. The minimum atomic E-state index is 0. The highest BCUT2D eigenvalue weighted by atomic mass is 127. The number of ether oxygens (including phenoxy) is 2. The van der Waals surface area contributed by atoms with Crippen molar-refractivity contribution in [1.29, 1.82) is 0 Å². The third-order valence-corrected chi connectivity index (χ3v) is 6.42. The zero-order valence-corrected chi connectivity index (χ0v) is 21.6. The summed E-state index contributed by atoms with van der Waals surface area (Å²) in [4.78, 5) is 14.5. The van der Waals surface area contributed by atoms with E-state index in [1.165, 1.54) is 23.7 Å². The normalized spacial score (nSPS) is 18.0. The van der Waals surface area contributed by atoms with Gasteiger partial charge < -0.3 is 24.6 Å². The van der Waals surface area contributed by atoms with Crippen LogP contribution in [0.2, 0.25) is 0 Å². The van der Waals surface area contributed by atoms with E-state index >= 15 is 0 Å². The average Bonchev–Trinajstić information content (AvgIpc) is 3.43. The summed E-state index contributed by atoms with van der Waals surface area (Å²) in [5, 5.41) is 6.83. The van der Waals surface area contributed by atoms with Gasteiger partial charge in [0.25, 0.3) is 0 Å². The Kier molecular flexibility index (Phi) is 12.3. The summed E-state index contributed by atoms with van der Waals surface area (Å²) in [6.07, 6.45) is 6.94. The van der Waals surface area contributed by atoms with Crippen molar-refractivity contribution in [3.63, 3.8) is 0 Å². The van der Waals surface area contributed by atoms with E-state index in [9.17, 15) is 0 Å². The molecule has 7 nitrogen and oxygen atoms in total. The highest BCUT2D eigenvalue weighted by Gasteiger charge is 2.22. The van der Waals surface area contributed by atoms with Crippen LogP contribution in [0, 0.1) is 0 Å². The topological polar surface area (TPSA) is 62.2 Å². The number of aromatic nitrogens is 1. The Bertz CT molecular complexity index is 616. The molecule has 30 heavy (non-hydrogen) atoms. The van der Waals surface area contributed by atoms with Gasteiger partial charge in [0, 0.05) is 71.4 Å². The number of rotatable bonds is 10. The molecule has 1 N–H and O–H groups in total. The first kappa shape index (κ1) is 25.6. The van der Waals surface area contributed by atoms with Crippen molar-refractivity contribution in [2.45, 2.75) is 51.6 Å². The lowest BCUT2D eigenvalue weighted by molar-refractivity contribution is 0.00991. The first-order chi connectivity index (χ1) is 14.3. The average molecular weight is 552 g/mol. The van der Waals surface area contributed by atoms with Crippen LogP contribution < -0.4 is 10.2 Å². The Morgan fingerprint density at radius 1 is 1.23 bits per heavy atom. The van der Waals surface area contributed by atoms with Gasteiger partial charge in [-0.15, -0.1) is 35.3 Å². The molecular weight excluding hydrogens is 513 g/mol. The lowest BCUT2D eigenvalue weighted by Gasteiger charge is -2.34. The lowest BCUT2D eigenvalue weighted by atomic mass is 10.1. The number of piperidine rings is 1. The van der Waals surface area contributed by atoms with Gasteiger partial charge in [-0.25, -0.2) is 4.98 Å². The Labute approximate surface area is 202 Å². The number of hydrogen-bond donors (Lipinski definition) is 1. The first-order valence-corrected chi connectivity index (χ1v) is 12.0. The van der Waals surface area contributed by atoms with E-state index in [1.54, 1.807) is 18.4 Å². The molecule has 0 unspecified atom stereocenters. The number of guanidine groups is 1. The second kappa shape index (κ2) is 14.4. The summed E-state index contributed by atoms with van der Waals surface area (Å²) in [5.41, 5.74) is 1.17. The molecular formula is C21H38IN5O2S. The van der Waals surface area contributed by atoms with Gasteiger partial charge in [0.15, 0.2) is 11.1 Å². The number of aliphatic imine (C=N–C) groups is 1. The molecule has 2 saturated heterocycles. The van der Waals surface area contributed by atoms with E-state index in [-0.39, 0.29) is 24.0 Å². The van der Waals surface area contributed by atoms with E-state index in [0.29, 0.717) is 6.10 Å². The number of nitrogens with zero attached hydrogens (tertiary/aromatic N) is 4. The van der Waals surface area contributed by atoms with Crippen molar-refractivity contribution >= 4 is 46.4 Å². The fourth-order valence-electron chi connectivity index (χ4n) is 3.85. The van der Waals surface area contributed by atoms with Crippen molar-refractivity contribution in [3.05, 3.63) is 11.1 Å². The summed E-state index contributed by atoms with van der Waals surface area (Å²) in [5.74, 6) is 1.03. The fraction of sp³-hybridized carbons (Fsp3) is 0.810. The molecule has 1 aromatic heterocycles. The molecule has 0 aromatic carbocycles. The molecule has 1 aromatic rings. The number of nitrogens with one attached hydrogen (secondary N) is 1. The van der Waals surface area contributed by atoms with Gasteiger partial charge in [-0.2, -0.15) is 0 Å². The van der Waals surface area contributed by atoms with Gasteiger partial charge in [-0.1, -0.05) is 0 Å². The summed E-state index contributed by atoms with van der Waals surface area (Å²) < 4.78 is 11.1.